The van der Waals surface area contributed by atoms with E-state index < -0.39 is 0 Å². The fourth-order valence-electron chi connectivity index (χ4n) is 2.10. The van der Waals surface area contributed by atoms with Crippen LogP contribution in [0.2, 0.25) is 0 Å². The Balaban J connectivity index is 1.69. The molecule has 1 amide bonds. The molecule has 3 rings (SSSR count). The van der Waals surface area contributed by atoms with Crippen LogP contribution in [0.4, 0.5) is 0 Å². The van der Waals surface area contributed by atoms with Crippen molar-refractivity contribution in [2.24, 2.45) is 5.10 Å². The number of amides is 1. The van der Waals surface area contributed by atoms with Crippen LogP contribution >= 0.6 is 27.3 Å². The number of aryl methyl sites for hydroxylation is 2. The van der Waals surface area contributed by atoms with Crippen molar-refractivity contribution in [1.82, 2.24) is 15.6 Å². The molecule has 0 saturated heterocycles. The van der Waals surface area contributed by atoms with E-state index in [2.05, 4.69) is 56.6 Å². The number of thiophene rings is 1. The van der Waals surface area contributed by atoms with Crippen molar-refractivity contribution in [2.45, 2.75) is 13.8 Å². The maximum absolute atomic E-state index is 12.1. The molecule has 0 unspecified atom stereocenters. The van der Waals surface area contributed by atoms with Crippen molar-refractivity contribution >= 4 is 39.4 Å². The Morgan fingerprint density at radius 1 is 1.25 bits per heavy atom. The summed E-state index contributed by atoms with van der Waals surface area (Å²) in [7, 11) is 0. The second-order valence-corrected chi connectivity index (χ2v) is 7.80. The van der Waals surface area contributed by atoms with Crippen LogP contribution in [-0.4, -0.2) is 22.3 Å². The molecule has 7 heteroatoms. The number of halogens is 1. The van der Waals surface area contributed by atoms with Gasteiger partial charge in [0.05, 0.1) is 15.7 Å². The van der Waals surface area contributed by atoms with Crippen LogP contribution in [0, 0.1) is 13.8 Å². The van der Waals surface area contributed by atoms with Crippen LogP contribution in [0.1, 0.15) is 26.5 Å². The van der Waals surface area contributed by atoms with E-state index in [1.54, 1.807) is 12.3 Å². The lowest BCUT2D eigenvalue weighted by Gasteiger charge is -2.01. The SMILES string of the molecule is Cc1ccc(-c2cc(C(=O)N/N=C\c3ccc(Br)s3)[nH]n2)cc1C. The molecule has 0 saturated carbocycles. The normalized spacial score (nSPS) is 11.1. The molecule has 1 aromatic carbocycles. The number of aromatic nitrogens is 2. The van der Waals surface area contributed by atoms with Gasteiger partial charge in [-0.1, -0.05) is 12.1 Å². The highest BCUT2D eigenvalue weighted by Gasteiger charge is 2.10. The highest BCUT2D eigenvalue weighted by molar-refractivity contribution is 9.11. The van der Waals surface area contributed by atoms with Gasteiger partial charge in [0.1, 0.15) is 5.69 Å². The van der Waals surface area contributed by atoms with Gasteiger partial charge in [-0.15, -0.1) is 11.3 Å². The first-order chi connectivity index (χ1) is 11.5. The highest BCUT2D eigenvalue weighted by Crippen LogP contribution is 2.21. The van der Waals surface area contributed by atoms with E-state index in [1.165, 1.54) is 22.5 Å². The Hall–Kier alpha value is -2.25. The Labute approximate surface area is 151 Å². The maximum Gasteiger partial charge on any atom is 0.289 e. The van der Waals surface area contributed by atoms with E-state index in [0.29, 0.717) is 5.69 Å². The molecule has 0 fully saturated rings. The van der Waals surface area contributed by atoms with Crippen LogP contribution in [-0.2, 0) is 0 Å². The molecule has 0 radical (unpaired) electrons. The number of rotatable bonds is 4. The third kappa shape index (κ3) is 3.80. The van der Waals surface area contributed by atoms with Crippen LogP contribution in [0.25, 0.3) is 11.3 Å². The molecule has 0 aliphatic heterocycles. The van der Waals surface area contributed by atoms with Crippen LogP contribution < -0.4 is 5.43 Å². The smallest absolute Gasteiger partial charge is 0.272 e. The number of H-pyrrole nitrogens is 1. The van der Waals surface area contributed by atoms with Gasteiger partial charge < -0.3 is 0 Å². The largest absolute Gasteiger partial charge is 0.289 e. The molecule has 0 atom stereocenters. The summed E-state index contributed by atoms with van der Waals surface area (Å²) in [4.78, 5) is 13.1. The monoisotopic (exact) mass is 402 g/mol. The fourth-order valence-corrected chi connectivity index (χ4v) is 3.39. The molecule has 0 spiro atoms. The summed E-state index contributed by atoms with van der Waals surface area (Å²) in [5.74, 6) is -0.329. The zero-order valence-corrected chi connectivity index (χ0v) is 15.5. The summed E-state index contributed by atoms with van der Waals surface area (Å²) in [6.07, 6.45) is 1.61. The number of carbonyl (C=O) groups excluding carboxylic acids is 1. The molecule has 122 valence electrons. The number of carbonyl (C=O) groups is 1. The van der Waals surface area contributed by atoms with Crippen molar-refractivity contribution in [3.05, 3.63) is 61.9 Å². The molecule has 24 heavy (non-hydrogen) atoms. The summed E-state index contributed by atoms with van der Waals surface area (Å²) < 4.78 is 1.02. The first kappa shape index (κ1) is 16.6. The van der Waals surface area contributed by atoms with Crippen LogP contribution in [0.15, 0.2) is 45.3 Å². The lowest BCUT2D eigenvalue weighted by molar-refractivity contribution is 0.0950. The van der Waals surface area contributed by atoms with Gasteiger partial charge in [0.2, 0.25) is 0 Å². The van der Waals surface area contributed by atoms with Gasteiger partial charge in [-0.2, -0.15) is 10.2 Å². The first-order valence-corrected chi connectivity index (χ1v) is 8.85. The number of hydrogen-bond acceptors (Lipinski definition) is 4. The average molecular weight is 403 g/mol. The number of nitrogens with zero attached hydrogens (tertiary/aromatic N) is 2. The van der Waals surface area contributed by atoms with Crippen molar-refractivity contribution in [2.75, 3.05) is 0 Å². The minimum absolute atomic E-state index is 0.329. The van der Waals surface area contributed by atoms with E-state index in [4.69, 9.17) is 0 Å². The van der Waals surface area contributed by atoms with Crippen molar-refractivity contribution in [1.29, 1.82) is 0 Å². The predicted octanol–water partition coefficient (Wildman–Crippen LogP) is 4.28. The van der Waals surface area contributed by atoms with Gasteiger partial charge in [0.25, 0.3) is 5.91 Å². The maximum atomic E-state index is 12.1. The molecule has 0 aliphatic rings. The molecule has 2 N–H and O–H groups in total. The van der Waals surface area contributed by atoms with E-state index in [-0.39, 0.29) is 5.91 Å². The lowest BCUT2D eigenvalue weighted by atomic mass is 10.0. The summed E-state index contributed by atoms with van der Waals surface area (Å²) in [5, 5.41) is 10.9. The van der Waals surface area contributed by atoms with Crippen LogP contribution in [0.3, 0.4) is 0 Å². The third-order valence-electron chi connectivity index (χ3n) is 3.58. The number of hydrogen-bond donors (Lipinski definition) is 2. The second-order valence-electron chi connectivity index (χ2n) is 5.31. The Bertz CT molecular complexity index is 913. The lowest BCUT2D eigenvalue weighted by Crippen LogP contribution is -2.17. The number of nitrogens with one attached hydrogen (secondary N) is 2. The summed E-state index contributed by atoms with van der Waals surface area (Å²) in [6, 6.07) is 11.7. The van der Waals surface area contributed by atoms with Gasteiger partial charge in [-0.25, -0.2) is 5.43 Å². The minimum atomic E-state index is -0.329. The molecular weight excluding hydrogens is 388 g/mol. The summed E-state index contributed by atoms with van der Waals surface area (Å²) in [6.45, 7) is 4.11. The molecule has 0 aliphatic carbocycles. The van der Waals surface area contributed by atoms with Gasteiger partial charge in [-0.05, 0) is 65.2 Å². The number of hydrazone groups is 1. The van der Waals surface area contributed by atoms with E-state index >= 15 is 0 Å². The van der Waals surface area contributed by atoms with Gasteiger partial charge in [-0.3, -0.25) is 9.89 Å². The van der Waals surface area contributed by atoms with Crippen LogP contribution in [0.5, 0.6) is 0 Å². The van der Waals surface area contributed by atoms with E-state index in [0.717, 1.165) is 19.9 Å². The minimum Gasteiger partial charge on any atom is -0.272 e. The Morgan fingerprint density at radius 3 is 2.79 bits per heavy atom. The molecule has 3 aromatic rings. The van der Waals surface area contributed by atoms with Gasteiger partial charge in [0.15, 0.2) is 0 Å². The molecule has 2 aromatic heterocycles. The summed E-state index contributed by atoms with van der Waals surface area (Å²) >= 11 is 4.92. The van der Waals surface area contributed by atoms with E-state index in [9.17, 15) is 4.79 Å². The van der Waals surface area contributed by atoms with Crippen molar-refractivity contribution < 1.29 is 4.79 Å². The quantitative estimate of drug-likeness (QED) is 0.504. The standard InChI is InChI=1S/C17H15BrN4OS/c1-10-3-4-12(7-11(10)2)14-8-15(21-20-14)17(23)22-19-9-13-5-6-16(18)24-13/h3-9H,1-2H3,(H,20,21)(H,22,23)/b19-9-. The van der Waals surface area contributed by atoms with Crippen molar-refractivity contribution in [3.63, 3.8) is 0 Å². The first-order valence-electron chi connectivity index (χ1n) is 7.25. The second kappa shape index (κ2) is 7.11. The van der Waals surface area contributed by atoms with Gasteiger partial charge >= 0.3 is 0 Å². The zero-order chi connectivity index (χ0) is 17.1. The predicted molar refractivity (Wildman–Crippen MR) is 101 cm³/mol. The number of benzene rings is 1. The molecule has 0 bridgehead atoms. The Morgan fingerprint density at radius 2 is 2.08 bits per heavy atom. The molecule has 2 heterocycles. The molecular formula is C17H15BrN4OS. The topological polar surface area (TPSA) is 70.1 Å². The van der Waals surface area contributed by atoms with Gasteiger partial charge in [0, 0.05) is 10.4 Å². The average Bonchev–Trinajstić information content (AvgIpc) is 3.19. The zero-order valence-electron chi connectivity index (χ0n) is 13.1. The highest BCUT2D eigenvalue weighted by atomic mass is 79.9. The number of aromatic amines is 1. The fraction of sp³-hybridized carbons (Fsp3) is 0.118. The Kier molecular flexibility index (Phi) is 4.92. The third-order valence-corrected chi connectivity index (χ3v) is 5.14. The van der Waals surface area contributed by atoms with E-state index in [1.807, 2.05) is 24.3 Å². The summed E-state index contributed by atoms with van der Waals surface area (Å²) in [5.41, 5.74) is 6.98. The molecule has 5 nitrogen and oxygen atoms in total. The van der Waals surface area contributed by atoms with Crippen molar-refractivity contribution in [3.8, 4) is 11.3 Å².